The summed E-state index contributed by atoms with van der Waals surface area (Å²) in [6, 6.07) is 4.02. The average Bonchev–Trinajstić information content (AvgIpc) is 2.47. The van der Waals surface area contributed by atoms with E-state index in [1.165, 1.54) is 4.88 Å². The van der Waals surface area contributed by atoms with E-state index in [1.807, 2.05) is 19.1 Å². The highest BCUT2D eigenvalue weighted by Gasteiger charge is 1.94. The molecule has 12 heavy (non-hydrogen) atoms. The third-order valence-corrected chi connectivity index (χ3v) is 2.30. The van der Waals surface area contributed by atoms with Gasteiger partial charge in [-0.3, -0.25) is 5.21 Å². The lowest BCUT2D eigenvalue weighted by Gasteiger charge is -1.94. The zero-order chi connectivity index (χ0) is 8.97. The number of aryl methyl sites for hydroxylation is 1. The minimum atomic E-state index is 0.0426. The number of aliphatic imine (C=N–C) groups is 1. The number of nitrogens with two attached hydrogens (primary N) is 1. The van der Waals surface area contributed by atoms with Crippen LogP contribution in [0.25, 0.3) is 0 Å². The highest BCUT2D eigenvalue weighted by molar-refractivity contribution is 7.11. The molecule has 1 aromatic heterocycles. The molecule has 1 aromatic rings. The van der Waals surface area contributed by atoms with Crippen LogP contribution in [0.4, 0.5) is 0 Å². The third-order valence-electron chi connectivity index (χ3n) is 1.32. The Labute approximate surface area is 74.7 Å². The van der Waals surface area contributed by atoms with Gasteiger partial charge in [-0.25, -0.2) is 10.5 Å². The predicted octanol–water partition coefficient (Wildman–Crippen LogP) is 0.850. The minimum Gasteiger partial charge on any atom is -0.368 e. The van der Waals surface area contributed by atoms with Gasteiger partial charge in [0, 0.05) is 9.75 Å². The molecule has 0 spiro atoms. The van der Waals surface area contributed by atoms with Crippen LogP contribution in [0.1, 0.15) is 9.75 Å². The first-order chi connectivity index (χ1) is 5.72. The lowest BCUT2D eigenvalue weighted by molar-refractivity contribution is 0.232. The standard InChI is InChI=1S/C7H11N3OS/c1-5-2-3-6(12-5)4-9-7(8)10-11/h2-3,11H,4H2,1H3,(H3,8,9,10). The summed E-state index contributed by atoms with van der Waals surface area (Å²) < 4.78 is 0. The van der Waals surface area contributed by atoms with Gasteiger partial charge in [-0.15, -0.1) is 11.3 Å². The Morgan fingerprint density at radius 1 is 1.75 bits per heavy atom. The van der Waals surface area contributed by atoms with Crippen LogP contribution in [0.15, 0.2) is 17.1 Å². The van der Waals surface area contributed by atoms with Crippen molar-refractivity contribution >= 4 is 17.3 Å². The molecule has 1 heterocycles. The van der Waals surface area contributed by atoms with Gasteiger partial charge >= 0.3 is 0 Å². The van der Waals surface area contributed by atoms with Gasteiger partial charge in [0.1, 0.15) is 0 Å². The van der Waals surface area contributed by atoms with Crippen molar-refractivity contribution in [1.82, 2.24) is 5.48 Å². The number of thiophene rings is 1. The van der Waals surface area contributed by atoms with Crippen molar-refractivity contribution in [3.05, 3.63) is 21.9 Å². The van der Waals surface area contributed by atoms with Crippen molar-refractivity contribution in [3.63, 3.8) is 0 Å². The number of nitrogens with one attached hydrogen (secondary N) is 1. The topological polar surface area (TPSA) is 70.6 Å². The summed E-state index contributed by atoms with van der Waals surface area (Å²) >= 11 is 1.67. The van der Waals surface area contributed by atoms with Gasteiger partial charge in [-0.1, -0.05) is 0 Å². The van der Waals surface area contributed by atoms with Crippen LogP contribution in [0, 0.1) is 6.92 Å². The molecule has 1 rings (SSSR count). The summed E-state index contributed by atoms with van der Waals surface area (Å²) in [7, 11) is 0. The van der Waals surface area contributed by atoms with Crippen LogP contribution in [0.5, 0.6) is 0 Å². The normalized spacial score (nSPS) is 11.7. The SMILES string of the molecule is Cc1ccc(CN=C(N)NO)s1. The van der Waals surface area contributed by atoms with Crippen molar-refractivity contribution in [3.8, 4) is 0 Å². The van der Waals surface area contributed by atoms with Gasteiger partial charge in [0.05, 0.1) is 6.54 Å². The monoisotopic (exact) mass is 185 g/mol. The maximum atomic E-state index is 8.32. The number of guanidine groups is 1. The summed E-state index contributed by atoms with van der Waals surface area (Å²) in [5.41, 5.74) is 7.00. The lowest BCUT2D eigenvalue weighted by atomic mass is 10.4. The fourth-order valence-electron chi connectivity index (χ4n) is 0.769. The zero-order valence-electron chi connectivity index (χ0n) is 6.74. The van der Waals surface area contributed by atoms with Crippen LogP contribution in [0.2, 0.25) is 0 Å². The molecule has 0 fully saturated rings. The average molecular weight is 185 g/mol. The second-order valence-corrected chi connectivity index (χ2v) is 3.70. The first-order valence-electron chi connectivity index (χ1n) is 3.47. The molecule has 0 aliphatic rings. The molecular weight excluding hydrogens is 174 g/mol. The van der Waals surface area contributed by atoms with E-state index in [0.717, 1.165) is 4.88 Å². The van der Waals surface area contributed by atoms with Gasteiger partial charge in [0.25, 0.3) is 0 Å². The highest BCUT2D eigenvalue weighted by atomic mass is 32.1. The molecule has 4 nitrogen and oxygen atoms in total. The van der Waals surface area contributed by atoms with Crippen molar-refractivity contribution in [2.24, 2.45) is 10.7 Å². The summed E-state index contributed by atoms with van der Waals surface area (Å²) in [4.78, 5) is 6.25. The minimum absolute atomic E-state index is 0.0426. The molecule has 0 saturated heterocycles. The van der Waals surface area contributed by atoms with Crippen LogP contribution in [-0.4, -0.2) is 11.2 Å². The highest BCUT2D eigenvalue weighted by Crippen LogP contribution is 2.15. The van der Waals surface area contributed by atoms with E-state index in [2.05, 4.69) is 4.99 Å². The fraction of sp³-hybridized carbons (Fsp3) is 0.286. The maximum Gasteiger partial charge on any atom is 0.213 e. The van der Waals surface area contributed by atoms with Crippen LogP contribution in [-0.2, 0) is 6.54 Å². The summed E-state index contributed by atoms with van der Waals surface area (Å²) in [5, 5.41) is 8.32. The first-order valence-corrected chi connectivity index (χ1v) is 4.29. The number of hydroxylamine groups is 1. The van der Waals surface area contributed by atoms with E-state index in [4.69, 9.17) is 10.9 Å². The number of hydrogen-bond donors (Lipinski definition) is 3. The zero-order valence-corrected chi connectivity index (χ0v) is 7.56. The fourth-order valence-corrected chi connectivity index (χ4v) is 1.58. The Kier molecular flexibility index (Phi) is 3.07. The molecule has 0 atom stereocenters. The largest absolute Gasteiger partial charge is 0.368 e. The molecule has 4 N–H and O–H groups in total. The Hall–Kier alpha value is -1.07. The van der Waals surface area contributed by atoms with Crippen molar-refractivity contribution in [2.45, 2.75) is 13.5 Å². The van der Waals surface area contributed by atoms with Crippen LogP contribution >= 0.6 is 11.3 Å². The Morgan fingerprint density at radius 2 is 2.50 bits per heavy atom. The molecule has 66 valence electrons. The molecular formula is C7H11N3OS. The van der Waals surface area contributed by atoms with Crippen molar-refractivity contribution < 1.29 is 5.21 Å². The lowest BCUT2D eigenvalue weighted by Crippen LogP contribution is -2.28. The van der Waals surface area contributed by atoms with E-state index in [0.29, 0.717) is 6.54 Å². The van der Waals surface area contributed by atoms with Gasteiger partial charge < -0.3 is 5.73 Å². The van der Waals surface area contributed by atoms with E-state index >= 15 is 0 Å². The van der Waals surface area contributed by atoms with Gasteiger partial charge in [0.2, 0.25) is 5.96 Å². The molecule has 0 saturated carbocycles. The van der Waals surface area contributed by atoms with Crippen molar-refractivity contribution in [2.75, 3.05) is 0 Å². The van der Waals surface area contributed by atoms with Gasteiger partial charge in [-0.2, -0.15) is 0 Å². The predicted molar refractivity (Wildman–Crippen MR) is 49.3 cm³/mol. The molecule has 0 amide bonds. The first kappa shape index (κ1) is 9.02. The van der Waals surface area contributed by atoms with Crippen LogP contribution < -0.4 is 11.2 Å². The van der Waals surface area contributed by atoms with Gasteiger partial charge in [0.15, 0.2) is 0 Å². The third kappa shape index (κ3) is 2.52. The molecule has 0 unspecified atom stereocenters. The smallest absolute Gasteiger partial charge is 0.213 e. The van der Waals surface area contributed by atoms with Gasteiger partial charge in [-0.05, 0) is 19.1 Å². The Bertz CT molecular complexity index is 282. The molecule has 5 heteroatoms. The Balaban J connectivity index is 2.53. The van der Waals surface area contributed by atoms with Crippen LogP contribution in [0.3, 0.4) is 0 Å². The maximum absolute atomic E-state index is 8.32. The quantitative estimate of drug-likeness (QED) is 0.363. The number of nitrogens with zero attached hydrogens (tertiary/aromatic N) is 1. The molecule has 0 aromatic carbocycles. The van der Waals surface area contributed by atoms with Crippen molar-refractivity contribution in [1.29, 1.82) is 0 Å². The molecule has 0 aliphatic heterocycles. The summed E-state index contributed by atoms with van der Waals surface area (Å²) in [5.74, 6) is 0.0426. The summed E-state index contributed by atoms with van der Waals surface area (Å²) in [6.45, 7) is 2.55. The number of hydrogen-bond acceptors (Lipinski definition) is 3. The Morgan fingerprint density at radius 3 is 3.00 bits per heavy atom. The molecule has 0 radical (unpaired) electrons. The van der Waals surface area contributed by atoms with E-state index in [9.17, 15) is 0 Å². The molecule has 0 aliphatic carbocycles. The second-order valence-electron chi connectivity index (χ2n) is 2.33. The number of rotatable bonds is 2. The van der Waals surface area contributed by atoms with E-state index < -0.39 is 0 Å². The van der Waals surface area contributed by atoms with E-state index in [1.54, 1.807) is 16.8 Å². The summed E-state index contributed by atoms with van der Waals surface area (Å²) in [6.07, 6.45) is 0. The van der Waals surface area contributed by atoms with E-state index in [-0.39, 0.29) is 5.96 Å². The second kappa shape index (κ2) is 4.08. The molecule has 0 bridgehead atoms.